The van der Waals surface area contributed by atoms with Crippen LogP contribution < -0.4 is 9.47 Å². The molecule has 0 aliphatic rings. The number of aryl methyl sites for hydroxylation is 2. The lowest BCUT2D eigenvalue weighted by atomic mass is 9.98. The molecule has 0 aliphatic carbocycles. The number of likely N-dealkylation sites (N-methyl/N-ethyl adjacent to an activating group) is 2. The maximum atomic E-state index is 12.9. The maximum absolute atomic E-state index is 12.9. The van der Waals surface area contributed by atoms with Crippen molar-refractivity contribution in [3.63, 3.8) is 0 Å². The molecule has 0 fully saturated rings. The molecule has 0 N–H and O–H groups in total. The average Bonchev–Trinajstić information content (AvgIpc) is 2.82. The lowest BCUT2D eigenvalue weighted by Gasteiger charge is -2.14. The molecule has 5 nitrogen and oxygen atoms in total. The van der Waals surface area contributed by atoms with Crippen molar-refractivity contribution in [2.45, 2.75) is 13.8 Å². The van der Waals surface area contributed by atoms with E-state index in [0.717, 1.165) is 41.3 Å². The molecule has 0 spiro atoms. The van der Waals surface area contributed by atoms with Crippen LogP contribution in [0.2, 0.25) is 0 Å². The van der Waals surface area contributed by atoms with E-state index in [4.69, 9.17) is 9.47 Å². The van der Waals surface area contributed by atoms with E-state index in [1.165, 1.54) is 11.1 Å². The predicted octanol–water partition coefficient (Wildman–Crippen LogP) is 5.75. The fraction of sp³-hybridized carbons (Fsp3) is 0.323. The summed E-state index contributed by atoms with van der Waals surface area (Å²) in [6, 6.07) is 20.0. The van der Waals surface area contributed by atoms with Crippen LogP contribution in [0.5, 0.6) is 11.5 Å². The number of hydrogen-bond donors (Lipinski definition) is 0. The standard InChI is InChI=1S/C31H38N2O3/c1-23-19-24(2)21-28(20-23)26-10-14-31(36-18-16-33(5)6)27(22-26)9-13-30(34)25-7-11-29(12-8-25)35-17-15-32(3)4/h7-14,19-22H,15-18H2,1-6H3/b13-9+. The third kappa shape index (κ3) is 8.36. The molecule has 0 saturated carbocycles. The fourth-order valence-electron chi connectivity index (χ4n) is 3.79. The van der Waals surface area contributed by atoms with E-state index in [-0.39, 0.29) is 5.78 Å². The van der Waals surface area contributed by atoms with Crippen LogP contribution in [0.15, 0.2) is 66.7 Å². The first kappa shape index (κ1) is 27.2. The highest BCUT2D eigenvalue weighted by Gasteiger charge is 2.08. The SMILES string of the molecule is Cc1cc(C)cc(-c2ccc(OCCN(C)C)c(/C=C/C(=O)c3ccc(OCCN(C)C)cc3)c2)c1. The van der Waals surface area contributed by atoms with Gasteiger partial charge < -0.3 is 19.3 Å². The van der Waals surface area contributed by atoms with Gasteiger partial charge in [-0.2, -0.15) is 0 Å². The van der Waals surface area contributed by atoms with E-state index in [1.54, 1.807) is 18.2 Å². The zero-order chi connectivity index (χ0) is 26.1. The highest BCUT2D eigenvalue weighted by Crippen LogP contribution is 2.29. The van der Waals surface area contributed by atoms with Gasteiger partial charge in [0.15, 0.2) is 5.78 Å². The third-order valence-electron chi connectivity index (χ3n) is 5.72. The number of hydrogen-bond acceptors (Lipinski definition) is 5. The highest BCUT2D eigenvalue weighted by atomic mass is 16.5. The van der Waals surface area contributed by atoms with Crippen LogP contribution in [0.3, 0.4) is 0 Å². The molecule has 0 saturated heterocycles. The zero-order valence-corrected chi connectivity index (χ0v) is 22.4. The lowest BCUT2D eigenvalue weighted by Crippen LogP contribution is -2.19. The van der Waals surface area contributed by atoms with Gasteiger partial charge in [0.1, 0.15) is 24.7 Å². The summed E-state index contributed by atoms with van der Waals surface area (Å²) in [5, 5.41) is 0. The van der Waals surface area contributed by atoms with E-state index in [2.05, 4.69) is 54.0 Å². The van der Waals surface area contributed by atoms with Crippen LogP contribution in [-0.4, -0.2) is 70.1 Å². The van der Waals surface area contributed by atoms with Crippen LogP contribution in [-0.2, 0) is 0 Å². The normalized spacial score (nSPS) is 11.4. The Bertz CT molecular complexity index is 1160. The number of ether oxygens (including phenoxy) is 2. The number of carbonyl (C=O) groups is 1. The predicted molar refractivity (Wildman–Crippen MR) is 149 cm³/mol. The van der Waals surface area contributed by atoms with Crippen LogP contribution >= 0.6 is 0 Å². The molecular weight excluding hydrogens is 448 g/mol. The summed E-state index contributed by atoms with van der Waals surface area (Å²) in [6.07, 6.45) is 3.46. The van der Waals surface area contributed by atoms with Gasteiger partial charge in [-0.15, -0.1) is 0 Å². The number of benzene rings is 3. The minimum atomic E-state index is -0.0640. The van der Waals surface area contributed by atoms with Crippen molar-refractivity contribution in [2.24, 2.45) is 0 Å². The van der Waals surface area contributed by atoms with Gasteiger partial charge in [-0.1, -0.05) is 35.4 Å². The van der Waals surface area contributed by atoms with Gasteiger partial charge in [0, 0.05) is 24.2 Å². The Balaban J connectivity index is 1.80. The second kappa shape index (κ2) is 13.1. The first-order chi connectivity index (χ1) is 17.2. The smallest absolute Gasteiger partial charge is 0.185 e. The van der Waals surface area contributed by atoms with Crippen molar-refractivity contribution in [3.8, 4) is 22.6 Å². The average molecular weight is 487 g/mol. The van der Waals surface area contributed by atoms with Gasteiger partial charge in [0.25, 0.3) is 0 Å². The third-order valence-corrected chi connectivity index (χ3v) is 5.72. The number of allylic oxidation sites excluding steroid dienone is 1. The summed E-state index contributed by atoms with van der Waals surface area (Å²) in [6.45, 7) is 7.03. The van der Waals surface area contributed by atoms with Crippen molar-refractivity contribution >= 4 is 11.9 Å². The van der Waals surface area contributed by atoms with Gasteiger partial charge in [0.05, 0.1) is 0 Å². The summed E-state index contributed by atoms with van der Waals surface area (Å²) in [7, 11) is 8.05. The molecular formula is C31H38N2O3. The molecule has 0 heterocycles. The first-order valence-corrected chi connectivity index (χ1v) is 12.3. The van der Waals surface area contributed by atoms with E-state index >= 15 is 0 Å². The summed E-state index contributed by atoms with van der Waals surface area (Å²) < 4.78 is 11.8. The minimum Gasteiger partial charge on any atom is -0.492 e. The Morgan fingerprint density at radius 3 is 1.97 bits per heavy atom. The largest absolute Gasteiger partial charge is 0.492 e. The lowest BCUT2D eigenvalue weighted by molar-refractivity contribution is 0.104. The van der Waals surface area contributed by atoms with E-state index < -0.39 is 0 Å². The van der Waals surface area contributed by atoms with Crippen molar-refractivity contribution < 1.29 is 14.3 Å². The van der Waals surface area contributed by atoms with Crippen LogP contribution in [0.4, 0.5) is 0 Å². The number of ketones is 1. The highest BCUT2D eigenvalue weighted by molar-refractivity contribution is 6.07. The van der Waals surface area contributed by atoms with Crippen molar-refractivity contribution in [2.75, 3.05) is 54.5 Å². The van der Waals surface area contributed by atoms with E-state index in [0.29, 0.717) is 18.8 Å². The molecule has 3 rings (SSSR count). The molecule has 36 heavy (non-hydrogen) atoms. The van der Waals surface area contributed by atoms with Gasteiger partial charge >= 0.3 is 0 Å². The molecule has 3 aromatic rings. The number of nitrogens with zero attached hydrogens (tertiary/aromatic N) is 2. The number of rotatable bonds is 12. The second-order valence-electron chi connectivity index (χ2n) is 9.65. The summed E-state index contributed by atoms with van der Waals surface area (Å²) >= 11 is 0. The molecule has 5 heteroatoms. The van der Waals surface area contributed by atoms with Crippen LogP contribution in [0.1, 0.15) is 27.0 Å². The molecule has 3 aromatic carbocycles. The van der Waals surface area contributed by atoms with Gasteiger partial charge in [-0.3, -0.25) is 4.79 Å². The van der Waals surface area contributed by atoms with Gasteiger partial charge in [-0.05, 0) is 102 Å². The monoisotopic (exact) mass is 486 g/mol. The van der Waals surface area contributed by atoms with Gasteiger partial charge in [0.2, 0.25) is 0 Å². The topological polar surface area (TPSA) is 42.0 Å². The molecule has 0 aromatic heterocycles. The molecule has 0 atom stereocenters. The van der Waals surface area contributed by atoms with E-state index in [1.807, 2.05) is 52.5 Å². The molecule has 0 radical (unpaired) electrons. The molecule has 0 amide bonds. The Labute approximate surface area is 216 Å². The van der Waals surface area contributed by atoms with Crippen LogP contribution in [0.25, 0.3) is 17.2 Å². The van der Waals surface area contributed by atoms with E-state index in [9.17, 15) is 4.79 Å². The minimum absolute atomic E-state index is 0.0640. The molecule has 0 unspecified atom stereocenters. The van der Waals surface area contributed by atoms with Gasteiger partial charge in [-0.25, -0.2) is 0 Å². The Morgan fingerprint density at radius 1 is 0.750 bits per heavy atom. The van der Waals surface area contributed by atoms with Crippen molar-refractivity contribution in [3.05, 3.63) is 89.0 Å². The Kier molecular flexibility index (Phi) is 9.86. The summed E-state index contributed by atoms with van der Waals surface area (Å²) in [5.74, 6) is 1.46. The Hall–Kier alpha value is -3.41. The zero-order valence-electron chi connectivity index (χ0n) is 22.4. The first-order valence-electron chi connectivity index (χ1n) is 12.3. The fourth-order valence-corrected chi connectivity index (χ4v) is 3.79. The van der Waals surface area contributed by atoms with Crippen molar-refractivity contribution in [1.82, 2.24) is 9.80 Å². The number of carbonyl (C=O) groups excluding carboxylic acids is 1. The molecule has 0 bridgehead atoms. The quantitative estimate of drug-likeness (QED) is 0.241. The second-order valence-corrected chi connectivity index (χ2v) is 9.65. The van der Waals surface area contributed by atoms with Crippen LogP contribution in [0, 0.1) is 13.8 Å². The maximum Gasteiger partial charge on any atom is 0.185 e. The Morgan fingerprint density at radius 2 is 1.36 bits per heavy atom. The van der Waals surface area contributed by atoms with Crippen molar-refractivity contribution in [1.29, 1.82) is 0 Å². The molecule has 0 aliphatic heterocycles. The molecule has 190 valence electrons. The summed E-state index contributed by atoms with van der Waals surface area (Å²) in [4.78, 5) is 17.1. The summed E-state index contributed by atoms with van der Waals surface area (Å²) in [5.41, 5.74) is 6.18.